The number of benzene rings is 1. The summed E-state index contributed by atoms with van der Waals surface area (Å²) < 4.78 is 0. The van der Waals surface area contributed by atoms with Crippen LogP contribution in [0.25, 0.3) is 5.57 Å². The average Bonchev–Trinajstić information content (AvgIpc) is 2.67. The minimum absolute atomic E-state index is 1.09. The van der Waals surface area contributed by atoms with Crippen LogP contribution in [0.3, 0.4) is 0 Å². The van der Waals surface area contributed by atoms with Gasteiger partial charge in [0.05, 0.1) is 0 Å². The molecule has 1 nitrogen and oxygen atoms in total. The first-order chi connectivity index (χ1) is 10.6. The van der Waals surface area contributed by atoms with E-state index in [2.05, 4.69) is 62.3 Å². The third-order valence-corrected chi connectivity index (χ3v) is 4.44. The topological polar surface area (TPSA) is 3.24 Å². The van der Waals surface area contributed by atoms with Crippen LogP contribution in [0, 0.1) is 0 Å². The third-order valence-electron chi connectivity index (χ3n) is 3.42. The molecule has 1 aliphatic rings. The van der Waals surface area contributed by atoms with Gasteiger partial charge in [-0.25, -0.2) is 0 Å². The molecule has 2 heteroatoms. The number of hydrogen-bond acceptors (Lipinski definition) is 2. The molecule has 0 aromatic heterocycles. The van der Waals surface area contributed by atoms with Gasteiger partial charge in [0.2, 0.25) is 0 Å². The monoisotopic (exact) mass is 315 g/mol. The van der Waals surface area contributed by atoms with E-state index in [4.69, 9.17) is 0 Å². The van der Waals surface area contributed by atoms with E-state index in [1.165, 1.54) is 21.6 Å². The van der Waals surface area contributed by atoms with Crippen molar-refractivity contribution in [1.29, 1.82) is 0 Å². The van der Waals surface area contributed by atoms with E-state index in [9.17, 15) is 0 Å². The van der Waals surface area contributed by atoms with Crippen LogP contribution in [0.1, 0.15) is 38.3 Å². The summed E-state index contributed by atoms with van der Waals surface area (Å²) in [6.07, 6.45) is 9.80. The molecule has 0 atom stereocenters. The summed E-state index contributed by atoms with van der Waals surface area (Å²) >= 11 is 1.93. The van der Waals surface area contributed by atoms with E-state index in [1.807, 2.05) is 37.8 Å². The van der Waals surface area contributed by atoms with Gasteiger partial charge in [0.25, 0.3) is 0 Å². The normalized spacial score (nSPS) is 16.1. The fraction of sp³-hybridized carbons (Fsp3) is 0.400. The number of rotatable bonds is 3. The average molecular weight is 316 g/mol. The number of fused-ring (bicyclic) bond motifs is 1. The first-order valence-corrected chi connectivity index (χ1v) is 8.88. The molecule has 0 fully saturated rings. The van der Waals surface area contributed by atoms with E-state index in [1.54, 1.807) is 0 Å². The van der Waals surface area contributed by atoms with Crippen LogP contribution >= 0.6 is 11.8 Å². The van der Waals surface area contributed by atoms with Crippen molar-refractivity contribution in [2.45, 2.75) is 32.9 Å². The maximum absolute atomic E-state index is 2.37. The van der Waals surface area contributed by atoms with Crippen molar-refractivity contribution in [3.8, 4) is 0 Å². The van der Waals surface area contributed by atoms with Crippen LogP contribution < -0.4 is 0 Å². The standard InChI is InChI=1S/C16H21NS.C4H8/c1-13-11-14(8-6-10-17(2)3)16-9-5-4-7-15(16)12-18-13;1-3-4-2/h4-5,7-9,11H,6,10,12H2,1-3H3;3-4H,1-2H3/b14-8+;4-3-. The molecule has 0 N–H and O–H groups in total. The largest absolute Gasteiger partial charge is 0.309 e. The van der Waals surface area contributed by atoms with Crippen LogP contribution in [-0.4, -0.2) is 25.5 Å². The Kier molecular flexibility index (Phi) is 8.95. The Labute approximate surface area is 140 Å². The van der Waals surface area contributed by atoms with E-state index in [0.717, 1.165) is 18.7 Å². The molecule has 0 spiro atoms. The van der Waals surface area contributed by atoms with Crippen molar-refractivity contribution in [1.82, 2.24) is 4.90 Å². The SMILES string of the molecule is C/C=C\C.CC1=C/C(=C\CCN(C)C)c2ccccc2CS1. The molecule has 0 aliphatic carbocycles. The van der Waals surface area contributed by atoms with Gasteiger partial charge >= 0.3 is 0 Å². The summed E-state index contributed by atoms with van der Waals surface area (Å²) in [6.45, 7) is 7.31. The summed E-state index contributed by atoms with van der Waals surface area (Å²) in [4.78, 5) is 3.63. The number of hydrogen-bond donors (Lipinski definition) is 0. The van der Waals surface area contributed by atoms with Crippen LogP contribution in [-0.2, 0) is 5.75 Å². The summed E-state index contributed by atoms with van der Waals surface area (Å²) in [5, 5.41) is 0. The summed E-state index contributed by atoms with van der Waals surface area (Å²) in [6, 6.07) is 8.76. The maximum Gasteiger partial charge on any atom is 0.0234 e. The lowest BCUT2D eigenvalue weighted by molar-refractivity contribution is 0.417. The molecule has 0 saturated heterocycles. The van der Waals surface area contributed by atoms with Gasteiger partial charge in [0.15, 0.2) is 0 Å². The molecule has 0 amide bonds. The van der Waals surface area contributed by atoms with Gasteiger partial charge in [0.1, 0.15) is 0 Å². The zero-order chi connectivity index (χ0) is 16.4. The van der Waals surface area contributed by atoms with E-state index >= 15 is 0 Å². The first kappa shape index (κ1) is 18.8. The highest BCUT2D eigenvalue weighted by Gasteiger charge is 2.10. The highest BCUT2D eigenvalue weighted by atomic mass is 32.2. The van der Waals surface area contributed by atoms with Crippen LogP contribution in [0.4, 0.5) is 0 Å². The Balaban J connectivity index is 0.000000541. The van der Waals surface area contributed by atoms with Crippen molar-refractivity contribution in [2.24, 2.45) is 0 Å². The Morgan fingerprint density at radius 3 is 2.45 bits per heavy atom. The Hall–Kier alpha value is -1.25. The van der Waals surface area contributed by atoms with Gasteiger partial charge in [-0.3, -0.25) is 0 Å². The highest BCUT2D eigenvalue weighted by Crippen LogP contribution is 2.33. The molecule has 120 valence electrons. The Morgan fingerprint density at radius 1 is 1.14 bits per heavy atom. The van der Waals surface area contributed by atoms with E-state index in [-0.39, 0.29) is 0 Å². The van der Waals surface area contributed by atoms with Gasteiger partial charge in [0, 0.05) is 12.3 Å². The van der Waals surface area contributed by atoms with Gasteiger partial charge < -0.3 is 4.90 Å². The maximum atomic E-state index is 2.37. The highest BCUT2D eigenvalue weighted by molar-refractivity contribution is 8.02. The molecule has 1 aromatic carbocycles. The molecule has 2 rings (SSSR count). The van der Waals surface area contributed by atoms with Crippen LogP contribution in [0.2, 0.25) is 0 Å². The fourth-order valence-corrected chi connectivity index (χ4v) is 2.95. The fourth-order valence-electron chi connectivity index (χ4n) is 2.10. The predicted molar refractivity (Wildman–Crippen MR) is 103 cm³/mol. The molecule has 1 heterocycles. The molecular weight excluding hydrogens is 286 g/mol. The van der Waals surface area contributed by atoms with E-state index < -0.39 is 0 Å². The first-order valence-electron chi connectivity index (χ1n) is 7.90. The summed E-state index contributed by atoms with van der Waals surface area (Å²) in [5.74, 6) is 1.09. The molecule has 0 bridgehead atoms. The zero-order valence-electron chi connectivity index (χ0n) is 14.6. The van der Waals surface area contributed by atoms with E-state index in [0.29, 0.717) is 0 Å². The Morgan fingerprint density at radius 2 is 1.82 bits per heavy atom. The second-order valence-corrected chi connectivity index (χ2v) is 6.84. The Bertz CT molecular complexity index is 534. The van der Waals surface area contributed by atoms with Gasteiger partial charge in [-0.15, -0.1) is 11.8 Å². The summed E-state index contributed by atoms with van der Waals surface area (Å²) in [7, 11) is 4.24. The lowest BCUT2D eigenvalue weighted by atomic mass is 9.99. The zero-order valence-corrected chi connectivity index (χ0v) is 15.4. The number of thioether (sulfide) groups is 1. The van der Waals surface area contributed by atoms with Crippen molar-refractivity contribution in [3.05, 3.63) is 64.6 Å². The second kappa shape index (κ2) is 10.5. The van der Waals surface area contributed by atoms with Gasteiger partial charge in [-0.2, -0.15) is 0 Å². The molecule has 0 unspecified atom stereocenters. The third kappa shape index (κ3) is 6.67. The van der Waals surface area contributed by atoms with Crippen LogP contribution in [0.15, 0.2) is 53.5 Å². The molecule has 0 saturated carbocycles. The smallest absolute Gasteiger partial charge is 0.0234 e. The minimum Gasteiger partial charge on any atom is -0.309 e. The molecule has 0 radical (unpaired) electrons. The molecular formula is C20H29NS. The van der Waals surface area contributed by atoms with Crippen molar-refractivity contribution < 1.29 is 0 Å². The molecule has 1 aromatic rings. The minimum atomic E-state index is 1.09. The lowest BCUT2D eigenvalue weighted by Crippen LogP contribution is -2.11. The second-order valence-electron chi connectivity index (χ2n) is 5.62. The number of allylic oxidation sites excluding steroid dienone is 5. The quantitative estimate of drug-likeness (QED) is 0.653. The summed E-state index contributed by atoms with van der Waals surface area (Å²) in [5.41, 5.74) is 4.24. The number of nitrogens with zero attached hydrogens (tertiary/aromatic N) is 1. The van der Waals surface area contributed by atoms with Crippen molar-refractivity contribution >= 4 is 17.3 Å². The predicted octanol–water partition coefficient (Wildman–Crippen LogP) is 5.75. The van der Waals surface area contributed by atoms with Crippen molar-refractivity contribution in [2.75, 3.05) is 20.6 Å². The van der Waals surface area contributed by atoms with Gasteiger partial charge in [-0.1, -0.05) is 42.5 Å². The van der Waals surface area contributed by atoms with Gasteiger partial charge in [-0.05, 0) is 69.0 Å². The van der Waals surface area contributed by atoms with Crippen molar-refractivity contribution in [3.63, 3.8) is 0 Å². The lowest BCUT2D eigenvalue weighted by Gasteiger charge is -2.09. The van der Waals surface area contributed by atoms with Crippen LogP contribution in [0.5, 0.6) is 0 Å². The molecule has 1 aliphatic heterocycles. The molecule has 22 heavy (non-hydrogen) atoms.